The van der Waals surface area contributed by atoms with Gasteiger partial charge in [-0.05, 0) is 81.5 Å². The quantitative estimate of drug-likeness (QED) is 0.0611. The molecule has 2 atom stereocenters. The van der Waals surface area contributed by atoms with E-state index in [2.05, 4.69) is 10.6 Å². The number of ether oxygens (including phenoxy) is 2. The number of aryl methyl sites for hydroxylation is 1. The summed E-state index contributed by atoms with van der Waals surface area (Å²) in [6.07, 6.45) is 14.2. The SMILES string of the molecule is COC(=O)C(Cc1ccc(C)cc1)NC(=S)C1(CCCCS(C)(=O)=O)CCC1.COC(=O)C(Cc1ccc(N)cc1)NC(=S)C1(CCCCS(C)(=O)=O)CCC1. The van der Waals surface area contributed by atoms with Crippen LogP contribution in [-0.4, -0.2) is 89.1 Å². The number of rotatable bonds is 20. The summed E-state index contributed by atoms with van der Waals surface area (Å²) in [5.74, 6) is -0.271. The number of methoxy groups -OCH3 is 2. The smallest absolute Gasteiger partial charge is 0.328 e. The highest BCUT2D eigenvalue weighted by molar-refractivity contribution is 7.90. The molecule has 4 N–H and O–H groups in total. The van der Waals surface area contributed by atoms with Gasteiger partial charge in [0.2, 0.25) is 0 Å². The summed E-state index contributed by atoms with van der Waals surface area (Å²) in [5.41, 5.74) is 9.33. The lowest BCUT2D eigenvalue weighted by Gasteiger charge is -2.43. The molecular weight excluding hydrogens is 791 g/mol. The Hall–Kier alpha value is -3.14. The molecule has 0 amide bonds. The third-order valence-corrected chi connectivity index (χ3v) is 14.1. The number of anilines is 1. The van der Waals surface area contributed by atoms with Crippen LogP contribution in [0.5, 0.6) is 0 Å². The minimum Gasteiger partial charge on any atom is -0.467 e. The average Bonchev–Trinajstić information content (AvgIpc) is 3.10. The Morgan fingerprint density at radius 1 is 0.679 bits per heavy atom. The van der Waals surface area contributed by atoms with Gasteiger partial charge in [-0.15, -0.1) is 0 Å². The Bertz CT molecular complexity index is 1710. The predicted molar refractivity (Wildman–Crippen MR) is 232 cm³/mol. The molecule has 2 aliphatic rings. The maximum Gasteiger partial charge on any atom is 0.328 e. The number of benzene rings is 2. The van der Waals surface area contributed by atoms with Crippen LogP contribution < -0.4 is 16.4 Å². The number of sulfone groups is 2. The van der Waals surface area contributed by atoms with Crippen LogP contribution in [0, 0.1) is 17.8 Å². The van der Waals surface area contributed by atoms with E-state index in [-0.39, 0.29) is 34.3 Å². The monoisotopic (exact) mass is 851 g/mol. The summed E-state index contributed by atoms with van der Waals surface area (Å²) in [5, 5.41) is 6.51. The van der Waals surface area contributed by atoms with E-state index in [1.807, 2.05) is 43.3 Å². The molecule has 0 aromatic heterocycles. The molecule has 2 fully saturated rings. The first-order chi connectivity index (χ1) is 26.3. The topological polar surface area (TPSA) is 171 Å². The Morgan fingerprint density at radius 3 is 1.34 bits per heavy atom. The third-order valence-electron chi connectivity index (χ3n) is 11.0. The van der Waals surface area contributed by atoms with Crippen molar-refractivity contribution in [2.24, 2.45) is 10.8 Å². The molecule has 312 valence electrons. The van der Waals surface area contributed by atoms with Gasteiger partial charge in [0.25, 0.3) is 0 Å². The van der Waals surface area contributed by atoms with Crippen molar-refractivity contribution >= 4 is 71.7 Å². The standard InChI is InChI=1S/C21H31NO4S2.C20H30N2O4S2/c1-16-7-9-17(10-8-16)15-18(19(23)26-2)22-20(27)21(12-6-13-21)11-4-5-14-28(3,24)25;1-26-18(23)17(14-15-6-8-16(21)9-7-15)22-19(27)20(11-5-12-20)10-3-4-13-28(2,24)25/h7-10,18H,4-6,11-15H2,1-3H3,(H,22,27);6-9,17H,3-5,10-14,21H2,1-2H3,(H,22,27). The summed E-state index contributed by atoms with van der Waals surface area (Å²) in [6.45, 7) is 2.03. The van der Waals surface area contributed by atoms with Crippen molar-refractivity contribution in [1.82, 2.24) is 10.6 Å². The number of hydrogen-bond acceptors (Lipinski definition) is 11. The lowest BCUT2D eigenvalue weighted by Crippen LogP contribution is -2.51. The number of nitrogen functional groups attached to an aromatic ring is 1. The van der Waals surface area contributed by atoms with E-state index in [4.69, 9.17) is 39.6 Å². The first-order valence-corrected chi connectivity index (χ1v) is 24.3. The van der Waals surface area contributed by atoms with Crippen LogP contribution in [0.15, 0.2) is 48.5 Å². The lowest BCUT2D eigenvalue weighted by atomic mass is 9.65. The van der Waals surface area contributed by atoms with Gasteiger partial charge in [0, 0.05) is 53.4 Å². The molecule has 0 bridgehead atoms. The van der Waals surface area contributed by atoms with Crippen molar-refractivity contribution in [2.75, 3.05) is 44.0 Å². The highest BCUT2D eigenvalue weighted by atomic mass is 32.2. The minimum absolute atomic E-state index is 0.119. The molecule has 56 heavy (non-hydrogen) atoms. The Morgan fingerprint density at radius 2 is 1.04 bits per heavy atom. The van der Waals surface area contributed by atoms with Gasteiger partial charge in [-0.2, -0.15) is 0 Å². The van der Waals surface area contributed by atoms with Crippen LogP contribution in [0.2, 0.25) is 0 Å². The zero-order valence-corrected chi connectivity index (χ0v) is 36.8. The molecule has 2 aromatic carbocycles. The predicted octanol–water partition coefficient (Wildman–Crippen LogP) is 6.04. The van der Waals surface area contributed by atoms with Gasteiger partial charge >= 0.3 is 11.9 Å². The van der Waals surface area contributed by atoms with Crippen molar-refractivity contribution in [3.05, 3.63) is 65.2 Å². The van der Waals surface area contributed by atoms with Gasteiger partial charge in [0.15, 0.2) is 0 Å². The number of hydrogen-bond donors (Lipinski definition) is 3. The number of thiocarbonyl (C=S) groups is 2. The Kier molecular flexibility index (Phi) is 18.2. The molecule has 2 saturated carbocycles. The normalized spacial score (nSPS) is 16.7. The molecule has 0 radical (unpaired) electrons. The second-order valence-corrected chi connectivity index (χ2v) is 21.0. The fourth-order valence-corrected chi connectivity index (χ4v) is 9.54. The molecule has 11 nitrogen and oxygen atoms in total. The molecule has 0 spiro atoms. The van der Waals surface area contributed by atoms with Crippen molar-refractivity contribution in [3.63, 3.8) is 0 Å². The van der Waals surface area contributed by atoms with Gasteiger partial charge in [-0.25, -0.2) is 26.4 Å². The van der Waals surface area contributed by atoms with E-state index in [9.17, 15) is 26.4 Å². The maximum atomic E-state index is 12.3. The second kappa shape index (κ2) is 21.6. The molecule has 4 rings (SSSR count). The number of carbonyl (C=O) groups is 2. The van der Waals surface area contributed by atoms with Crippen molar-refractivity contribution in [2.45, 2.75) is 109 Å². The number of nitrogens with two attached hydrogens (primary N) is 1. The van der Waals surface area contributed by atoms with Crippen LogP contribution in [0.4, 0.5) is 5.69 Å². The molecule has 2 aliphatic carbocycles. The third kappa shape index (κ3) is 15.3. The molecule has 0 saturated heterocycles. The summed E-state index contributed by atoms with van der Waals surface area (Å²) in [7, 11) is -3.12. The molecular formula is C41H61N3O8S4. The van der Waals surface area contributed by atoms with Crippen molar-refractivity contribution < 1.29 is 35.9 Å². The maximum absolute atomic E-state index is 12.3. The molecule has 0 aliphatic heterocycles. The van der Waals surface area contributed by atoms with Crippen LogP contribution in [0.3, 0.4) is 0 Å². The second-order valence-electron chi connectivity index (χ2n) is 15.7. The van der Waals surface area contributed by atoms with Crippen LogP contribution in [-0.2, 0) is 51.6 Å². The first kappa shape index (κ1) is 47.2. The highest BCUT2D eigenvalue weighted by Gasteiger charge is 2.43. The summed E-state index contributed by atoms with van der Waals surface area (Å²) >= 11 is 11.4. The largest absolute Gasteiger partial charge is 0.467 e. The van der Waals surface area contributed by atoms with Crippen LogP contribution in [0.1, 0.15) is 93.7 Å². The Labute approximate surface area is 345 Å². The number of esters is 2. The van der Waals surface area contributed by atoms with Gasteiger partial charge in [-0.1, -0.05) is 92.1 Å². The van der Waals surface area contributed by atoms with Crippen molar-refractivity contribution in [3.8, 4) is 0 Å². The summed E-state index contributed by atoms with van der Waals surface area (Å²) in [6, 6.07) is 14.4. The number of nitrogens with one attached hydrogen (secondary N) is 2. The number of carbonyl (C=O) groups excluding carboxylic acids is 2. The van der Waals surface area contributed by atoms with Gasteiger partial charge in [-0.3, -0.25) is 0 Å². The molecule has 0 heterocycles. The van der Waals surface area contributed by atoms with Gasteiger partial charge in [0.05, 0.1) is 24.2 Å². The van der Waals surface area contributed by atoms with Crippen LogP contribution in [0.25, 0.3) is 0 Å². The van der Waals surface area contributed by atoms with E-state index in [0.717, 1.165) is 75.3 Å². The molecule has 2 unspecified atom stereocenters. The van der Waals surface area contributed by atoms with E-state index in [1.54, 1.807) is 12.1 Å². The molecule has 2 aromatic rings. The van der Waals surface area contributed by atoms with Crippen LogP contribution >= 0.6 is 24.4 Å². The highest BCUT2D eigenvalue weighted by Crippen LogP contribution is 2.47. The number of unbranched alkanes of at least 4 members (excludes halogenated alkanes) is 2. The Balaban J connectivity index is 0.000000300. The van der Waals surface area contributed by atoms with E-state index in [1.165, 1.54) is 32.3 Å². The lowest BCUT2D eigenvalue weighted by molar-refractivity contribution is -0.143. The van der Waals surface area contributed by atoms with Gasteiger partial charge in [0.1, 0.15) is 31.8 Å². The average molecular weight is 852 g/mol. The zero-order chi connectivity index (χ0) is 41.6. The summed E-state index contributed by atoms with van der Waals surface area (Å²) < 4.78 is 55.3. The van der Waals surface area contributed by atoms with Gasteiger partial charge < -0.3 is 25.8 Å². The minimum atomic E-state index is -2.94. The van der Waals surface area contributed by atoms with E-state index < -0.39 is 31.8 Å². The van der Waals surface area contributed by atoms with E-state index in [0.29, 0.717) is 41.3 Å². The fourth-order valence-electron chi connectivity index (χ4n) is 7.19. The van der Waals surface area contributed by atoms with Crippen molar-refractivity contribution in [1.29, 1.82) is 0 Å². The molecule has 15 heteroatoms. The fraction of sp³-hybridized carbons (Fsp3) is 0.610. The van der Waals surface area contributed by atoms with E-state index >= 15 is 0 Å². The summed E-state index contributed by atoms with van der Waals surface area (Å²) in [4.78, 5) is 26.0. The first-order valence-electron chi connectivity index (χ1n) is 19.3. The zero-order valence-electron chi connectivity index (χ0n) is 33.6.